The molecule has 88 valence electrons. The predicted octanol–water partition coefficient (Wildman–Crippen LogP) is 2.02. The van der Waals surface area contributed by atoms with Crippen LogP contribution < -0.4 is 11.1 Å². The summed E-state index contributed by atoms with van der Waals surface area (Å²) in [5.74, 6) is -0.185. The number of ether oxygens (including phenoxy) is 1. The van der Waals surface area contributed by atoms with Crippen molar-refractivity contribution >= 4 is 17.3 Å². The lowest BCUT2D eigenvalue weighted by atomic mass is 10.0. The highest BCUT2D eigenvalue weighted by atomic mass is 16.5. The van der Waals surface area contributed by atoms with Gasteiger partial charge in [0.2, 0.25) is 0 Å². The van der Waals surface area contributed by atoms with E-state index >= 15 is 0 Å². The minimum absolute atomic E-state index is 0.185. The molecule has 1 rings (SSSR count). The van der Waals surface area contributed by atoms with Crippen molar-refractivity contribution in [1.82, 2.24) is 0 Å². The second-order valence-electron chi connectivity index (χ2n) is 3.83. The summed E-state index contributed by atoms with van der Waals surface area (Å²) in [7, 11) is 1.53. The van der Waals surface area contributed by atoms with E-state index in [1.165, 1.54) is 7.11 Å². The average molecular weight is 222 g/mol. The maximum absolute atomic E-state index is 12.0. The Kier molecular flexibility index (Phi) is 3.90. The van der Waals surface area contributed by atoms with Crippen LogP contribution in [0, 0.1) is 0 Å². The van der Waals surface area contributed by atoms with Crippen LogP contribution in [0.25, 0.3) is 0 Å². The highest BCUT2D eigenvalue weighted by Crippen LogP contribution is 2.21. The Morgan fingerprint density at radius 2 is 2.12 bits per heavy atom. The lowest BCUT2D eigenvalue weighted by Crippen LogP contribution is -2.41. The van der Waals surface area contributed by atoms with Gasteiger partial charge in [0.15, 0.2) is 0 Å². The number of nitrogens with one attached hydrogen (secondary N) is 1. The van der Waals surface area contributed by atoms with Crippen LogP contribution in [0.1, 0.15) is 20.3 Å². The topological polar surface area (TPSA) is 64.3 Å². The van der Waals surface area contributed by atoms with Crippen LogP contribution >= 0.6 is 0 Å². The fourth-order valence-corrected chi connectivity index (χ4v) is 1.26. The Balaban J connectivity index is 2.83. The van der Waals surface area contributed by atoms with Gasteiger partial charge in [0.25, 0.3) is 5.91 Å². The quantitative estimate of drug-likeness (QED) is 0.766. The van der Waals surface area contributed by atoms with Gasteiger partial charge in [-0.25, -0.2) is 0 Å². The normalized spacial score (nSPS) is 14.2. The zero-order valence-electron chi connectivity index (χ0n) is 9.91. The van der Waals surface area contributed by atoms with Crippen molar-refractivity contribution < 1.29 is 9.53 Å². The number of hydrogen-bond donors (Lipinski definition) is 2. The fourth-order valence-electron chi connectivity index (χ4n) is 1.26. The predicted molar refractivity (Wildman–Crippen MR) is 65.2 cm³/mol. The Bertz CT molecular complexity index is 373. The van der Waals surface area contributed by atoms with Crippen LogP contribution in [0.15, 0.2) is 24.3 Å². The summed E-state index contributed by atoms with van der Waals surface area (Å²) < 4.78 is 5.21. The smallest absolute Gasteiger partial charge is 0.256 e. The van der Waals surface area contributed by atoms with Crippen LogP contribution in [0.5, 0.6) is 0 Å². The first kappa shape index (κ1) is 12.5. The van der Waals surface area contributed by atoms with Gasteiger partial charge in [0.05, 0.1) is 11.4 Å². The standard InChI is InChI=1S/C12H18N2O2/c1-4-12(2,16-3)11(15)14-10-8-6-5-7-9(10)13/h5-8H,4,13H2,1-3H3,(H,14,15). The van der Waals surface area contributed by atoms with Gasteiger partial charge in [-0.15, -0.1) is 0 Å². The first-order chi connectivity index (χ1) is 7.53. The molecule has 4 heteroatoms. The van der Waals surface area contributed by atoms with Crippen LogP contribution in [-0.4, -0.2) is 18.6 Å². The number of benzene rings is 1. The largest absolute Gasteiger partial charge is 0.397 e. The molecule has 0 aliphatic heterocycles. The molecule has 1 aromatic rings. The van der Waals surface area contributed by atoms with Crippen molar-refractivity contribution in [3.8, 4) is 0 Å². The Labute approximate surface area is 95.8 Å². The van der Waals surface area contributed by atoms with Crippen molar-refractivity contribution in [1.29, 1.82) is 0 Å². The molecule has 1 unspecified atom stereocenters. The lowest BCUT2D eigenvalue weighted by Gasteiger charge is -2.25. The number of carbonyl (C=O) groups is 1. The van der Waals surface area contributed by atoms with E-state index in [0.29, 0.717) is 17.8 Å². The number of amides is 1. The van der Waals surface area contributed by atoms with E-state index in [1.807, 2.05) is 19.1 Å². The maximum Gasteiger partial charge on any atom is 0.256 e. The Morgan fingerprint density at radius 1 is 1.50 bits per heavy atom. The van der Waals surface area contributed by atoms with Gasteiger partial charge in [0, 0.05) is 7.11 Å². The van der Waals surface area contributed by atoms with Gasteiger partial charge in [0.1, 0.15) is 5.60 Å². The molecule has 0 aliphatic carbocycles. The second kappa shape index (κ2) is 4.99. The van der Waals surface area contributed by atoms with Crippen molar-refractivity contribution in [2.75, 3.05) is 18.2 Å². The Morgan fingerprint density at radius 3 is 2.62 bits per heavy atom. The number of nitrogen functional groups attached to an aromatic ring is 1. The molecule has 0 heterocycles. The fraction of sp³-hybridized carbons (Fsp3) is 0.417. The number of rotatable bonds is 4. The van der Waals surface area contributed by atoms with Gasteiger partial charge in [-0.3, -0.25) is 4.79 Å². The maximum atomic E-state index is 12.0. The summed E-state index contributed by atoms with van der Waals surface area (Å²) >= 11 is 0. The molecule has 3 N–H and O–H groups in total. The third-order valence-electron chi connectivity index (χ3n) is 2.81. The molecule has 0 fully saturated rings. The molecule has 0 saturated heterocycles. The van der Waals surface area contributed by atoms with Gasteiger partial charge in [-0.2, -0.15) is 0 Å². The summed E-state index contributed by atoms with van der Waals surface area (Å²) in [6.07, 6.45) is 0.599. The van der Waals surface area contributed by atoms with E-state index in [0.717, 1.165) is 0 Å². The minimum atomic E-state index is -0.817. The summed E-state index contributed by atoms with van der Waals surface area (Å²) in [4.78, 5) is 12.0. The molecular weight excluding hydrogens is 204 g/mol. The van der Waals surface area contributed by atoms with E-state index in [1.54, 1.807) is 19.1 Å². The molecular formula is C12H18N2O2. The highest BCUT2D eigenvalue weighted by molar-refractivity contribution is 5.99. The van der Waals surface area contributed by atoms with Crippen molar-refractivity contribution in [2.24, 2.45) is 0 Å². The molecule has 0 aromatic heterocycles. The minimum Gasteiger partial charge on any atom is -0.397 e. The summed E-state index contributed by atoms with van der Waals surface area (Å²) in [6.45, 7) is 3.65. The Hall–Kier alpha value is -1.55. The van der Waals surface area contributed by atoms with Crippen LogP contribution in [0.4, 0.5) is 11.4 Å². The molecule has 1 atom stereocenters. The number of hydrogen-bond acceptors (Lipinski definition) is 3. The SMILES string of the molecule is CCC(C)(OC)C(=O)Nc1ccccc1N. The van der Waals surface area contributed by atoms with Gasteiger partial charge >= 0.3 is 0 Å². The molecule has 0 saturated carbocycles. The van der Waals surface area contributed by atoms with Crippen molar-refractivity contribution in [3.05, 3.63) is 24.3 Å². The highest BCUT2D eigenvalue weighted by Gasteiger charge is 2.31. The number of nitrogens with two attached hydrogens (primary N) is 1. The third kappa shape index (κ3) is 2.52. The zero-order valence-corrected chi connectivity index (χ0v) is 9.91. The van der Waals surface area contributed by atoms with Crippen LogP contribution in [0.3, 0.4) is 0 Å². The number of anilines is 2. The molecule has 0 spiro atoms. The first-order valence-electron chi connectivity index (χ1n) is 5.24. The van der Waals surface area contributed by atoms with E-state index in [4.69, 9.17) is 10.5 Å². The molecule has 16 heavy (non-hydrogen) atoms. The average Bonchev–Trinajstić information content (AvgIpc) is 2.31. The van der Waals surface area contributed by atoms with Gasteiger partial charge < -0.3 is 15.8 Å². The summed E-state index contributed by atoms with van der Waals surface area (Å²) in [5.41, 5.74) is 6.08. The van der Waals surface area contributed by atoms with Crippen molar-refractivity contribution in [3.63, 3.8) is 0 Å². The molecule has 1 aromatic carbocycles. The second-order valence-corrected chi connectivity index (χ2v) is 3.83. The molecule has 4 nitrogen and oxygen atoms in total. The van der Waals surface area contributed by atoms with E-state index in [-0.39, 0.29) is 5.91 Å². The van der Waals surface area contributed by atoms with E-state index < -0.39 is 5.60 Å². The number of carbonyl (C=O) groups excluding carboxylic acids is 1. The number of methoxy groups -OCH3 is 1. The molecule has 0 bridgehead atoms. The number of para-hydroxylation sites is 2. The van der Waals surface area contributed by atoms with Crippen molar-refractivity contribution in [2.45, 2.75) is 25.9 Å². The molecule has 1 amide bonds. The van der Waals surface area contributed by atoms with Crippen LogP contribution in [-0.2, 0) is 9.53 Å². The summed E-state index contributed by atoms with van der Waals surface area (Å²) in [6, 6.07) is 7.15. The first-order valence-corrected chi connectivity index (χ1v) is 5.24. The van der Waals surface area contributed by atoms with Crippen LogP contribution in [0.2, 0.25) is 0 Å². The molecule has 0 radical (unpaired) electrons. The van der Waals surface area contributed by atoms with E-state index in [9.17, 15) is 4.79 Å². The van der Waals surface area contributed by atoms with E-state index in [2.05, 4.69) is 5.32 Å². The van der Waals surface area contributed by atoms with Gasteiger partial charge in [-0.05, 0) is 25.5 Å². The van der Waals surface area contributed by atoms with Gasteiger partial charge in [-0.1, -0.05) is 19.1 Å². The summed E-state index contributed by atoms with van der Waals surface area (Å²) in [5, 5.41) is 2.76. The lowest BCUT2D eigenvalue weighted by molar-refractivity contribution is -0.136. The molecule has 0 aliphatic rings. The zero-order chi connectivity index (χ0) is 12.2. The third-order valence-corrected chi connectivity index (χ3v) is 2.81. The monoisotopic (exact) mass is 222 g/mol.